The average molecular weight is 428 g/mol. The molecule has 0 amide bonds. The van der Waals surface area contributed by atoms with Gasteiger partial charge in [0.25, 0.3) is 0 Å². The van der Waals surface area contributed by atoms with Crippen molar-refractivity contribution >= 4 is 11.9 Å². The van der Waals surface area contributed by atoms with E-state index in [4.69, 9.17) is 15.2 Å². The van der Waals surface area contributed by atoms with E-state index in [1.54, 1.807) is 0 Å². The van der Waals surface area contributed by atoms with E-state index in [1.165, 1.54) is 77.0 Å². The molecule has 0 aliphatic rings. The fourth-order valence-corrected chi connectivity index (χ4v) is 3.40. The number of carbonyl (C=O) groups is 2. The van der Waals surface area contributed by atoms with Crippen LogP contribution < -0.4 is 5.73 Å². The summed E-state index contributed by atoms with van der Waals surface area (Å²) in [7, 11) is 0. The van der Waals surface area contributed by atoms with Crippen molar-refractivity contribution in [1.29, 1.82) is 0 Å². The lowest BCUT2D eigenvalue weighted by Gasteiger charge is -2.11. The zero-order valence-electron chi connectivity index (χ0n) is 19.9. The van der Waals surface area contributed by atoms with Crippen LogP contribution in [0.1, 0.15) is 129 Å². The Morgan fingerprint density at radius 3 is 1.50 bits per heavy atom. The van der Waals surface area contributed by atoms with Crippen molar-refractivity contribution in [3.8, 4) is 0 Å². The van der Waals surface area contributed by atoms with Gasteiger partial charge in [-0.2, -0.15) is 0 Å². The van der Waals surface area contributed by atoms with E-state index in [0.29, 0.717) is 13.2 Å². The highest BCUT2D eigenvalue weighted by Crippen LogP contribution is 2.10. The van der Waals surface area contributed by atoms with Crippen molar-refractivity contribution in [3.63, 3.8) is 0 Å². The molecule has 5 nitrogen and oxygen atoms in total. The number of hydrogen-bond acceptors (Lipinski definition) is 5. The minimum atomic E-state index is -0.741. The fourth-order valence-electron chi connectivity index (χ4n) is 3.40. The van der Waals surface area contributed by atoms with Crippen LogP contribution >= 0.6 is 0 Å². The minimum absolute atomic E-state index is 0.172. The van der Waals surface area contributed by atoms with Gasteiger partial charge in [-0.1, -0.05) is 104 Å². The van der Waals surface area contributed by atoms with Gasteiger partial charge in [0.15, 0.2) is 0 Å². The summed E-state index contributed by atoms with van der Waals surface area (Å²) in [6, 6.07) is -0.741. The zero-order chi connectivity index (χ0) is 22.3. The van der Waals surface area contributed by atoms with Gasteiger partial charge in [0, 0.05) is 6.42 Å². The van der Waals surface area contributed by atoms with Crippen LogP contribution in [0.5, 0.6) is 0 Å². The molecule has 2 N–H and O–H groups in total. The van der Waals surface area contributed by atoms with Crippen LogP contribution in [-0.2, 0) is 19.1 Å². The molecule has 0 rings (SSSR count). The van der Waals surface area contributed by atoms with E-state index in [9.17, 15) is 9.59 Å². The molecule has 0 saturated heterocycles. The van der Waals surface area contributed by atoms with Gasteiger partial charge in [-0.3, -0.25) is 9.59 Å². The summed E-state index contributed by atoms with van der Waals surface area (Å²) in [5, 5.41) is 0. The molecule has 0 radical (unpaired) electrons. The van der Waals surface area contributed by atoms with Crippen LogP contribution in [0.3, 0.4) is 0 Å². The molecule has 0 saturated carbocycles. The molecule has 0 aromatic rings. The molecule has 0 fully saturated rings. The molecule has 0 heterocycles. The van der Waals surface area contributed by atoms with E-state index in [2.05, 4.69) is 13.8 Å². The van der Waals surface area contributed by atoms with Crippen LogP contribution in [0.2, 0.25) is 0 Å². The third kappa shape index (κ3) is 20.2. The largest absolute Gasteiger partial charge is 0.466 e. The molecule has 30 heavy (non-hydrogen) atoms. The molecule has 0 aromatic heterocycles. The van der Waals surface area contributed by atoms with Gasteiger partial charge < -0.3 is 15.2 Å². The van der Waals surface area contributed by atoms with Gasteiger partial charge in [0.2, 0.25) is 0 Å². The summed E-state index contributed by atoms with van der Waals surface area (Å²) >= 11 is 0. The Balaban J connectivity index is 3.48. The van der Waals surface area contributed by atoms with Crippen LogP contribution in [0, 0.1) is 0 Å². The minimum Gasteiger partial charge on any atom is -0.466 e. The van der Waals surface area contributed by atoms with E-state index in [-0.39, 0.29) is 18.8 Å². The van der Waals surface area contributed by atoms with E-state index < -0.39 is 12.0 Å². The fraction of sp³-hybridized carbons (Fsp3) is 0.920. The van der Waals surface area contributed by atoms with Crippen molar-refractivity contribution in [1.82, 2.24) is 0 Å². The Labute approximate surface area is 185 Å². The predicted octanol–water partition coefficient (Wildman–Crippen LogP) is 6.46. The lowest BCUT2D eigenvalue weighted by molar-refractivity contribution is -0.146. The molecule has 178 valence electrons. The Bertz CT molecular complexity index is 401. The van der Waals surface area contributed by atoms with Crippen molar-refractivity contribution in [3.05, 3.63) is 0 Å². The molecular weight excluding hydrogens is 378 g/mol. The first-order valence-corrected chi connectivity index (χ1v) is 12.7. The van der Waals surface area contributed by atoms with E-state index in [1.807, 2.05) is 0 Å². The smallest absolute Gasteiger partial charge is 0.322 e. The number of esters is 2. The van der Waals surface area contributed by atoms with E-state index >= 15 is 0 Å². The quantitative estimate of drug-likeness (QED) is 0.158. The topological polar surface area (TPSA) is 78.6 Å². The van der Waals surface area contributed by atoms with Crippen LogP contribution in [-0.4, -0.2) is 31.2 Å². The Hall–Kier alpha value is -1.10. The predicted molar refractivity (Wildman–Crippen MR) is 124 cm³/mol. The Kier molecular flexibility index (Phi) is 21.8. The molecule has 1 atom stereocenters. The molecule has 0 aliphatic heterocycles. The van der Waals surface area contributed by atoms with Gasteiger partial charge in [0.05, 0.1) is 13.2 Å². The standard InChI is InChI=1S/C25H49NO4/c1-3-5-7-9-11-13-15-17-21-29-24(27)20-19-23(26)25(28)30-22-18-16-14-12-10-8-6-4-2/h23H,3-22,26H2,1-2H3. The van der Waals surface area contributed by atoms with Crippen molar-refractivity contribution in [2.24, 2.45) is 5.73 Å². The molecule has 0 bridgehead atoms. The first kappa shape index (κ1) is 28.9. The molecule has 0 spiro atoms. The molecule has 0 aliphatic carbocycles. The van der Waals surface area contributed by atoms with Gasteiger partial charge in [-0.15, -0.1) is 0 Å². The second-order valence-electron chi connectivity index (χ2n) is 8.48. The number of unbranched alkanes of at least 4 members (excludes halogenated alkanes) is 14. The van der Waals surface area contributed by atoms with Crippen molar-refractivity contribution < 1.29 is 19.1 Å². The summed E-state index contributed by atoms with van der Waals surface area (Å²) < 4.78 is 10.5. The SMILES string of the molecule is CCCCCCCCCCOC(=O)CCC(N)C(=O)OCCCCCCCCCC. The first-order valence-electron chi connectivity index (χ1n) is 12.7. The van der Waals surface area contributed by atoms with Crippen molar-refractivity contribution in [2.45, 2.75) is 135 Å². The molecular formula is C25H49NO4. The maximum absolute atomic E-state index is 11.9. The molecule has 0 aromatic carbocycles. The zero-order valence-corrected chi connectivity index (χ0v) is 19.9. The van der Waals surface area contributed by atoms with Gasteiger partial charge in [-0.05, 0) is 19.3 Å². The summed E-state index contributed by atoms with van der Waals surface area (Å²) in [4.78, 5) is 23.7. The second kappa shape index (κ2) is 22.6. The Morgan fingerprint density at radius 1 is 0.633 bits per heavy atom. The van der Waals surface area contributed by atoms with Crippen molar-refractivity contribution in [2.75, 3.05) is 13.2 Å². The number of rotatable bonds is 22. The van der Waals surface area contributed by atoms with Gasteiger partial charge >= 0.3 is 11.9 Å². The first-order chi connectivity index (χ1) is 14.6. The summed E-state index contributed by atoms with van der Waals surface area (Å²) in [6.07, 6.45) is 19.8. The third-order valence-electron chi connectivity index (χ3n) is 5.47. The summed E-state index contributed by atoms with van der Waals surface area (Å²) in [5.74, 6) is -0.682. The van der Waals surface area contributed by atoms with Crippen LogP contribution in [0.15, 0.2) is 0 Å². The average Bonchev–Trinajstić information content (AvgIpc) is 2.75. The maximum Gasteiger partial charge on any atom is 0.322 e. The van der Waals surface area contributed by atoms with Gasteiger partial charge in [0.1, 0.15) is 6.04 Å². The number of hydrogen-bond donors (Lipinski definition) is 1. The summed E-state index contributed by atoms with van der Waals surface area (Å²) in [5.41, 5.74) is 5.84. The second-order valence-corrected chi connectivity index (χ2v) is 8.48. The molecule has 1 unspecified atom stereocenters. The normalized spacial score (nSPS) is 12.0. The number of carbonyl (C=O) groups excluding carboxylic acids is 2. The number of ether oxygens (including phenoxy) is 2. The summed E-state index contributed by atoms with van der Waals surface area (Å²) in [6.45, 7) is 5.33. The van der Waals surface area contributed by atoms with Crippen LogP contribution in [0.4, 0.5) is 0 Å². The van der Waals surface area contributed by atoms with E-state index in [0.717, 1.165) is 25.7 Å². The third-order valence-corrected chi connectivity index (χ3v) is 5.47. The lowest BCUT2D eigenvalue weighted by atomic mass is 10.1. The molecule has 5 heteroatoms. The maximum atomic E-state index is 11.9. The van der Waals surface area contributed by atoms with Crippen LogP contribution in [0.25, 0.3) is 0 Å². The highest BCUT2D eigenvalue weighted by Gasteiger charge is 2.17. The lowest BCUT2D eigenvalue weighted by Crippen LogP contribution is -2.33. The number of nitrogens with two attached hydrogens (primary N) is 1. The van der Waals surface area contributed by atoms with Gasteiger partial charge in [-0.25, -0.2) is 0 Å². The Morgan fingerprint density at radius 2 is 1.03 bits per heavy atom. The highest BCUT2D eigenvalue weighted by atomic mass is 16.5. The highest BCUT2D eigenvalue weighted by molar-refractivity contribution is 5.77. The monoisotopic (exact) mass is 427 g/mol.